The van der Waals surface area contributed by atoms with Crippen molar-refractivity contribution in [1.29, 1.82) is 0 Å². The van der Waals surface area contributed by atoms with Gasteiger partial charge >= 0.3 is 52.7 Å². The molecule has 0 aliphatic heterocycles. The molecule has 0 aliphatic rings. The van der Waals surface area contributed by atoms with Crippen LogP contribution in [0.25, 0.3) is 0 Å². The number of halogens is 18. The number of hydrogen-bond acceptors (Lipinski definition) is 4. The Morgan fingerprint density at radius 1 is 0.487 bits per heavy atom. The molecule has 4 nitrogen and oxygen atoms in total. The molecule has 0 fully saturated rings. The van der Waals surface area contributed by atoms with E-state index in [9.17, 15) is 90.0 Å². The van der Waals surface area contributed by atoms with Crippen molar-refractivity contribution in [2.75, 3.05) is 39.5 Å². The van der Waals surface area contributed by atoms with E-state index in [0.717, 1.165) is 0 Å². The van der Waals surface area contributed by atoms with E-state index in [1.165, 1.54) is 0 Å². The maximum atomic E-state index is 13.2. The molecular weight excluding hydrogens is 732 g/mol. The summed E-state index contributed by atoms with van der Waals surface area (Å²) in [6, 6.07) is 0. The Bertz CT molecular complexity index is 710. The average Bonchev–Trinajstić information content (AvgIpc) is 2.73. The molecule has 0 aromatic carbocycles. The number of rotatable bonds is 14. The number of nitrogens with zero attached hydrogens (tertiary/aromatic N) is 1. The quantitative estimate of drug-likeness (QED) is 0.119. The van der Waals surface area contributed by atoms with Gasteiger partial charge in [-0.15, -0.1) is 19.8 Å². The molecule has 0 radical (unpaired) electrons. The van der Waals surface area contributed by atoms with Crippen molar-refractivity contribution >= 4 is 33.6 Å². The summed E-state index contributed by atoms with van der Waals surface area (Å²) in [5.74, 6) is -55.8. The summed E-state index contributed by atoms with van der Waals surface area (Å²) in [6.45, 7) is 0.263. The summed E-state index contributed by atoms with van der Waals surface area (Å²) < 4.78 is 217. The smallest absolute Gasteiger partial charge is 0.854 e. The third-order valence-corrected chi connectivity index (χ3v) is 4.78. The number of hydrogen-bond donors (Lipinski definition) is 0. The average molecular weight is 747 g/mol. The minimum atomic E-state index is -8.57. The predicted octanol–water partition coefficient (Wildman–Crippen LogP) is 2.97. The third-order valence-electron chi connectivity index (χ3n) is 4.34. The van der Waals surface area contributed by atoms with Crippen molar-refractivity contribution in [1.82, 2.24) is 4.90 Å². The third kappa shape index (κ3) is 8.34. The molecule has 0 bridgehead atoms. The molecule has 0 rings (SSSR count). The van der Waals surface area contributed by atoms with Gasteiger partial charge in [0.25, 0.3) is 5.92 Å². The molecule has 0 saturated carbocycles. The molecule has 0 heterocycles. The Hall–Kier alpha value is -0.403. The molecule has 39 heavy (non-hydrogen) atoms. The molecule has 0 aromatic heterocycles. The standard InChI is InChI=1S/C10H3F17I.C6H12NO3.Si/c11-3(12,1-2-28)4(13,14)5(15,16)6(17,18)7(19,20)8(21,22)9(23,24)10(25,26)27;8-4-1-7(2-5-9)3-6-10;/h2H,1H2;1-6H2;/q-1;-3;+4. The Balaban J connectivity index is -0.000000995. The normalized spacial score (nSPS) is 14.6. The minimum absolute atomic E-state index is 0. The van der Waals surface area contributed by atoms with Crippen LogP contribution in [0.15, 0.2) is 0 Å². The maximum Gasteiger partial charge on any atom is 4.00 e. The van der Waals surface area contributed by atoms with Crippen LogP contribution in [0, 0.1) is 4.43 Å². The van der Waals surface area contributed by atoms with Crippen LogP contribution in [0.2, 0.25) is 0 Å². The first-order valence-corrected chi connectivity index (χ1v) is 10.5. The Kier molecular flexibility index (Phi) is 16.2. The first-order valence-electron chi connectivity index (χ1n) is 9.26. The minimum Gasteiger partial charge on any atom is -0.854 e. The predicted molar refractivity (Wildman–Crippen MR) is 100 cm³/mol. The van der Waals surface area contributed by atoms with Crippen LogP contribution in [-0.4, -0.2) is 103 Å². The van der Waals surface area contributed by atoms with Gasteiger partial charge in [-0.3, -0.25) is 4.43 Å². The molecule has 0 unspecified atom stereocenters. The summed E-state index contributed by atoms with van der Waals surface area (Å²) in [6.07, 6.45) is -10.3. The van der Waals surface area contributed by atoms with Crippen LogP contribution in [0.3, 0.4) is 0 Å². The largest absolute Gasteiger partial charge is 4.00 e. The zero-order valence-corrected chi connectivity index (χ0v) is 21.7. The number of alkyl halides is 17. The van der Waals surface area contributed by atoms with Crippen molar-refractivity contribution in [3.63, 3.8) is 0 Å². The summed E-state index contributed by atoms with van der Waals surface area (Å²) in [5.41, 5.74) is 0. The molecule has 0 aliphatic carbocycles. The zero-order chi connectivity index (χ0) is 31.2. The van der Waals surface area contributed by atoms with E-state index < -0.39 is 54.1 Å². The van der Waals surface area contributed by atoms with Crippen molar-refractivity contribution in [2.45, 2.75) is 54.1 Å². The topological polar surface area (TPSA) is 72.4 Å². The maximum absolute atomic E-state index is 13.2. The van der Waals surface area contributed by atoms with Crippen LogP contribution in [0.1, 0.15) is 6.42 Å². The Morgan fingerprint density at radius 3 is 0.974 bits per heavy atom. The van der Waals surface area contributed by atoms with Gasteiger partial charge in [-0.2, -0.15) is 65.9 Å². The van der Waals surface area contributed by atoms with Crippen LogP contribution in [0.5, 0.6) is 0 Å². The monoisotopic (exact) mass is 747 g/mol. The molecule has 0 aromatic rings. The van der Waals surface area contributed by atoms with Gasteiger partial charge in [0.15, 0.2) is 0 Å². The SMILES string of the molecule is FC(F)(F)C(F)(F)C(F)(F)C(F)(F)C(F)(F)C(F)(F)C(F)(F)C(F)(F)C[CH-]I.[O-]CCN(CC[O-])CC[O-].[Si+4]. The van der Waals surface area contributed by atoms with Gasteiger partial charge in [0.05, 0.1) is 0 Å². The second-order valence-corrected chi connectivity index (χ2v) is 7.84. The van der Waals surface area contributed by atoms with Gasteiger partial charge in [-0.05, 0) is 19.6 Å². The van der Waals surface area contributed by atoms with Crippen LogP contribution >= 0.6 is 22.6 Å². The molecule has 0 atom stereocenters. The first-order chi connectivity index (χ1) is 16.7. The van der Waals surface area contributed by atoms with Crippen molar-refractivity contribution in [2.24, 2.45) is 0 Å². The van der Waals surface area contributed by atoms with Gasteiger partial charge in [-0.25, -0.2) is 8.78 Å². The summed E-state index contributed by atoms with van der Waals surface area (Å²) in [4.78, 5) is 1.60. The molecule has 23 heteroatoms. The first kappa shape index (κ1) is 43.1. The summed E-state index contributed by atoms with van der Waals surface area (Å²) in [7, 11) is 0. The second-order valence-electron chi connectivity index (χ2n) is 6.96. The fourth-order valence-electron chi connectivity index (χ4n) is 2.14. The Morgan fingerprint density at radius 2 is 0.744 bits per heavy atom. The van der Waals surface area contributed by atoms with Gasteiger partial charge in [0, 0.05) is 0 Å². The molecule has 232 valence electrons. The van der Waals surface area contributed by atoms with Crippen LogP contribution in [0.4, 0.5) is 74.6 Å². The molecule has 0 spiro atoms. The van der Waals surface area contributed by atoms with Gasteiger partial charge in [0.1, 0.15) is 0 Å². The summed E-state index contributed by atoms with van der Waals surface area (Å²) >= 11 is 0.687. The molecule has 0 amide bonds. The van der Waals surface area contributed by atoms with Crippen molar-refractivity contribution in [3.8, 4) is 0 Å². The van der Waals surface area contributed by atoms with Crippen LogP contribution in [-0.2, 0) is 0 Å². The van der Waals surface area contributed by atoms with Crippen molar-refractivity contribution in [3.05, 3.63) is 4.43 Å². The van der Waals surface area contributed by atoms with E-state index >= 15 is 0 Å². The van der Waals surface area contributed by atoms with Gasteiger partial charge in [-0.1, -0.05) is 6.42 Å². The molecule has 0 saturated heterocycles. The Labute approximate surface area is 226 Å². The van der Waals surface area contributed by atoms with Gasteiger partial charge < -0.3 is 42.8 Å². The van der Waals surface area contributed by atoms with Gasteiger partial charge in [0.2, 0.25) is 0 Å². The van der Waals surface area contributed by atoms with E-state index in [2.05, 4.69) is 0 Å². The summed E-state index contributed by atoms with van der Waals surface area (Å²) in [5, 5.41) is 30.1. The van der Waals surface area contributed by atoms with E-state index in [0.29, 0.717) is 42.2 Å². The zero-order valence-electron chi connectivity index (χ0n) is 18.5. The van der Waals surface area contributed by atoms with E-state index in [4.69, 9.17) is 0 Å². The van der Waals surface area contributed by atoms with E-state index in [1.54, 1.807) is 4.90 Å². The molecular formula is C16H15F17INO3Si. The van der Waals surface area contributed by atoms with E-state index in [1.807, 2.05) is 0 Å². The van der Waals surface area contributed by atoms with E-state index in [-0.39, 0.29) is 35.2 Å². The fraction of sp³-hybridized carbons (Fsp3) is 0.938. The van der Waals surface area contributed by atoms with Crippen molar-refractivity contribution < 1.29 is 90.0 Å². The fourth-order valence-corrected chi connectivity index (χ4v) is 2.70. The van der Waals surface area contributed by atoms with Crippen LogP contribution < -0.4 is 15.3 Å². The second kappa shape index (κ2) is 14.7. The molecule has 0 N–H and O–H groups in total.